The maximum absolute atomic E-state index is 6.37. The molecule has 10 rings (SSSR count). The molecule has 0 spiro atoms. The molecule has 0 bridgehead atoms. The van der Waals surface area contributed by atoms with E-state index in [4.69, 9.17) is 8.83 Å². The number of hydrogen-bond acceptors (Lipinski definition) is 2. The zero-order valence-corrected chi connectivity index (χ0v) is 27.4. The summed E-state index contributed by atoms with van der Waals surface area (Å²) in [6, 6.07) is 57.1. The first-order valence-electron chi connectivity index (χ1n) is 15.7. The molecule has 2 aromatic heterocycles. The highest BCUT2D eigenvalue weighted by atomic mass is 127. The summed E-state index contributed by atoms with van der Waals surface area (Å²) < 4.78 is 13.8. The number of fused-ring (bicyclic) bond motifs is 10. The van der Waals surface area contributed by atoms with Crippen LogP contribution in [0.4, 0.5) is 0 Å². The van der Waals surface area contributed by atoms with Crippen LogP contribution in [0.2, 0.25) is 0 Å². The normalized spacial score (nSPS) is 11.5. The molecule has 0 N–H and O–H groups in total. The molecule has 8 aromatic carbocycles. The smallest absolute Gasteiger partial charge is 0.148 e. The molecule has 0 saturated carbocycles. The zero-order chi connectivity index (χ0) is 31.3. The number of benzene rings is 8. The first-order chi connectivity index (χ1) is 23.2. The third kappa shape index (κ3) is 4.69. The summed E-state index contributed by atoms with van der Waals surface area (Å²) in [5, 5.41) is 9.75. The number of halogens is 1. The van der Waals surface area contributed by atoms with Gasteiger partial charge in [-0.05, 0) is 79.5 Å². The Hall–Kier alpha value is -5.39. The number of hydrogen-bond donors (Lipinski definition) is 0. The molecule has 0 unspecified atom stereocenters. The summed E-state index contributed by atoms with van der Waals surface area (Å²) in [6.07, 6.45) is 0. The molecule has 0 aliphatic rings. The topological polar surface area (TPSA) is 26.3 Å². The van der Waals surface area contributed by atoms with E-state index in [1.807, 2.05) is 24.3 Å². The van der Waals surface area contributed by atoms with E-state index in [1.165, 1.54) is 54.2 Å². The monoisotopic (exact) mass is 714 g/mol. The van der Waals surface area contributed by atoms with E-state index < -0.39 is 0 Å². The van der Waals surface area contributed by atoms with Gasteiger partial charge in [0, 0.05) is 32.7 Å². The zero-order valence-electron chi connectivity index (χ0n) is 25.3. The van der Waals surface area contributed by atoms with Gasteiger partial charge in [-0.3, -0.25) is 0 Å². The van der Waals surface area contributed by atoms with Crippen LogP contribution in [0.5, 0.6) is 0 Å². The van der Waals surface area contributed by atoms with Crippen molar-refractivity contribution in [2.24, 2.45) is 0 Å². The molecule has 47 heavy (non-hydrogen) atoms. The van der Waals surface area contributed by atoms with Crippen molar-refractivity contribution in [3.8, 4) is 22.3 Å². The molecule has 0 radical (unpaired) electrons. The molecule has 0 fully saturated rings. The van der Waals surface area contributed by atoms with Crippen molar-refractivity contribution in [3.05, 3.63) is 167 Å². The summed E-state index contributed by atoms with van der Waals surface area (Å²) in [6.45, 7) is 0. The van der Waals surface area contributed by atoms with Gasteiger partial charge in [0.1, 0.15) is 22.3 Å². The molecular weight excluding hydrogens is 687 g/mol. The molecule has 0 aliphatic carbocycles. The standard InChI is InChI=1S/C22H13IO.C22H14O/c23-19-12-6-11-17-20-16-10-5-4-9-15(16)13-18(22(20)24-21(17)19)14-7-2-1-3-8-14;1-2-8-15(9-3-1)19-14-16-10-4-5-11-17(16)21-18-12-6-7-13-20(18)23-22(19)21/h1-13H;1-14H. The molecule has 2 nitrogen and oxygen atoms in total. The fourth-order valence-electron chi connectivity index (χ4n) is 6.85. The van der Waals surface area contributed by atoms with Gasteiger partial charge in [-0.25, -0.2) is 0 Å². The van der Waals surface area contributed by atoms with Gasteiger partial charge < -0.3 is 8.83 Å². The summed E-state index contributed by atoms with van der Waals surface area (Å²) in [5.41, 5.74) is 8.52. The van der Waals surface area contributed by atoms with Crippen molar-refractivity contribution >= 4 is 88.0 Å². The SMILES string of the molecule is Ic1cccc2c1oc1c(-c3ccccc3)cc3ccccc3c12.c1ccc(-c2cc3ccccc3c3c2oc2ccccc23)cc1. The molecule has 0 saturated heterocycles. The highest BCUT2D eigenvalue weighted by molar-refractivity contribution is 14.1. The Bertz CT molecular complexity index is 2740. The Morgan fingerprint density at radius 1 is 0.362 bits per heavy atom. The third-order valence-corrected chi connectivity index (χ3v) is 9.83. The first-order valence-corrected chi connectivity index (χ1v) is 16.8. The van der Waals surface area contributed by atoms with Gasteiger partial charge in [-0.15, -0.1) is 0 Å². The Morgan fingerprint density at radius 2 is 0.830 bits per heavy atom. The average molecular weight is 715 g/mol. The summed E-state index contributed by atoms with van der Waals surface area (Å²) >= 11 is 2.35. The van der Waals surface area contributed by atoms with Gasteiger partial charge in [-0.1, -0.05) is 140 Å². The van der Waals surface area contributed by atoms with Gasteiger partial charge in [0.2, 0.25) is 0 Å². The lowest BCUT2D eigenvalue weighted by Crippen LogP contribution is -1.81. The van der Waals surface area contributed by atoms with Crippen LogP contribution < -0.4 is 0 Å². The number of para-hydroxylation sites is 2. The summed E-state index contributed by atoms with van der Waals surface area (Å²) in [4.78, 5) is 0. The van der Waals surface area contributed by atoms with Crippen molar-refractivity contribution in [3.63, 3.8) is 0 Å². The van der Waals surface area contributed by atoms with E-state index in [-0.39, 0.29) is 0 Å². The van der Waals surface area contributed by atoms with Gasteiger partial charge >= 0.3 is 0 Å². The second kappa shape index (κ2) is 11.4. The van der Waals surface area contributed by atoms with Gasteiger partial charge in [0.05, 0.1) is 3.57 Å². The molecule has 10 aromatic rings. The Morgan fingerprint density at radius 3 is 1.45 bits per heavy atom. The van der Waals surface area contributed by atoms with Crippen LogP contribution in [0, 0.1) is 3.57 Å². The highest BCUT2D eigenvalue weighted by Crippen LogP contribution is 2.42. The lowest BCUT2D eigenvalue weighted by Gasteiger charge is -2.06. The van der Waals surface area contributed by atoms with Crippen molar-refractivity contribution in [2.45, 2.75) is 0 Å². The van der Waals surface area contributed by atoms with Crippen LogP contribution in [0.3, 0.4) is 0 Å². The van der Waals surface area contributed by atoms with Crippen LogP contribution in [0.25, 0.3) is 87.7 Å². The number of rotatable bonds is 2. The first kappa shape index (κ1) is 27.9. The fraction of sp³-hybridized carbons (Fsp3) is 0. The minimum Gasteiger partial charge on any atom is -0.455 e. The number of furan rings is 2. The van der Waals surface area contributed by atoms with E-state index in [1.54, 1.807) is 0 Å². The Balaban J connectivity index is 0.000000129. The van der Waals surface area contributed by atoms with Crippen molar-refractivity contribution in [1.82, 2.24) is 0 Å². The minimum absolute atomic E-state index is 0.941. The molecular formula is C44H27IO2. The van der Waals surface area contributed by atoms with Gasteiger partial charge in [0.25, 0.3) is 0 Å². The van der Waals surface area contributed by atoms with E-state index in [0.29, 0.717) is 0 Å². The largest absolute Gasteiger partial charge is 0.455 e. The molecule has 2 heterocycles. The molecule has 0 aliphatic heterocycles. The van der Waals surface area contributed by atoms with Crippen LogP contribution in [-0.4, -0.2) is 0 Å². The van der Waals surface area contributed by atoms with Crippen LogP contribution in [0.15, 0.2) is 173 Å². The maximum atomic E-state index is 6.37. The quantitative estimate of drug-likeness (QED) is 0.167. The van der Waals surface area contributed by atoms with E-state index in [0.717, 1.165) is 37.0 Å². The van der Waals surface area contributed by atoms with E-state index in [2.05, 4.69) is 162 Å². The second-order valence-electron chi connectivity index (χ2n) is 11.7. The molecule has 0 atom stereocenters. The predicted molar refractivity (Wildman–Crippen MR) is 206 cm³/mol. The Kier molecular flexibility index (Phi) is 6.79. The molecule has 3 heteroatoms. The van der Waals surface area contributed by atoms with Crippen molar-refractivity contribution < 1.29 is 8.83 Å². The third-order valence-electron chi connectivity index (χ3n) is 8.98. The molecule has 0 amide bonds. The highest BCUT2D eigenvalue weighted by Gasteiger charge is 2.18. The van der Waals surface area contributed by atoms with Crippen LogP contribution >= 0.6 is 22.6 Å². The predicted octanol–water partition coefficient (Wildman–Crippen LogP) is 13.4. The summed E-state index contributed by atoms with van der Waals surface area (Å²) in [7, 11) is 0. The maximum Gasteiger partial charge on any atom is 0.148 e. The molecule has 222 valence electrons. The van der Waals surface area contributed by atoms with Crippen molar-refractivity contribution in [2.75, 3.05) is 0 Å². The van der Waals surface area contributed by atoms with Crippen molar-refractivity contribution in [1.29, 1.82) is 0 Å². The lowest BCUT2D eigenvalue weighted by atomic mass is 9.96. The van der Waals surface area contributed by atoms with Gasteiger partial charge in [-0.2, -0.15) is 0 Å². The Labute approximate surface area is 285 Å². The second-order valence-corrected chi connectivity index (χ2v) is 12.9. The minimum atomic E-state index is 0.941. The lowest BCUT2D eigenvalue weighted by molar-refractivity contribution is 0.668. The van der Waals surface area contributed by atoms with E-state index in [9.17, 15) is 0 Å². The van der Waals surface area contributed by atoms with Crippen LogP contribution in [0.1, 0.15) is 0 Å². The van der Waals surface area contributed by atoms with E-state index >= 15 is 0 Å². The average Bonchev–Trinajstić information content (AvgIpc) is 3.73. The summed E-state index contributed by atoms with van der Waals surface area (Å²) in [5.74, 6) is 0. The fourth-order valence-corrected chi connectivity index (χ4v) is 7.46. The van der Waals surface area contributed by atoms with Gasteiger partial charge in [0.15, 0.2) is 0 Å². The van der Waals surface area contributed by atoms with Crippen LogP contribution in [-0.2, 0) is 0 Å².